The summed E-state index contributed by atoms with van der Waals surface area (Å²) in [7, 11) is 0. The van der Waals surface area contributed by atoms with Crippen LogP contribution in [0.5, 0.6) is 0 Å². The highest BCUT2D eigenvalue weighted by Crippen LogP contribution is 2.37. The highest BCUT2D eigenvalue weighted by Gasteiger charge is 2.53. The van der Waals surface area contributed by atoms with Crippen molar-refractivity contribution in [3.63, 3.8) is 0 Å². The molecular weight excluding hydrogens is 374 g/mol. The summed E-state index contributed by atoms with van der Waals surface area (Å²) in [6.45, 7) is 0.792. The van der Waals surface area contributed by atoms with Gasteiger partial charge >= 0.3 is 5.69 Å². The van der Waals surface area contributed by atoms with E-state index in [-0.39, 0.29) is 10.1 Å². The quantitative estimate of drug-likeness (QED) is 0.510. The van der Waals surface area contributed by atoms with Gasteiger partial charge in [-0.3, -0.25) is 9.36 Å². The number of nitrogens with one attached hydrogen (secondary N) is 1. The summed E-state index contributed by atoms with van der Waals surface area (Å²) in [6.07, 6.45) is -2.27. The zero-order chi connectivity index (χ0) is 16.9. The Morgan fingerprint density at radius 2 is 2.22 bits per heavy atom. The second-order valence-electron chi connectivity index (χ2n) is 5.56. The largest absolute Gasteiger partial charge is 0.394 e. The minimum atomic E-state index is -1.80. The Morgan fingerprint density at radius 1 is 1.52 bits per heavy atom. The van der Waals surface area contributed by atoms with Crippen molar-refractivity contribution >= 4 is 27.0 Å². The first-order chi connectivity index (χ1) is 10.8. The van der Waals surface area contributed by atoms with Crippen molar-refractivity contribution in [2.24, 2.45) is 0 Å². The summed E-state index contributed by atoms with van der Waals surface area (Å²) in [5, 5.41) is 30.1. The lowest BCUT2D eigenvalue weighted by molar-refractivity contribution is -0.0985. The number of H-pyrrole nitrogens is 1. The van der Waals surface area contributed by atoms with Crippen LogP contribution < -0.4 is 11.2 Å². The van der Waals surface area contributed by atoms with Crippen LogP contribution >= 0.6 is 15.9 Å². The lowest BCUT2D eigenvalue weighted by atomic mass is 9.96. The number of aliphatic hydroxyl groups is 3. The number of aliphatic hydroxyl groups excluding tert-OH is 2. The van der Waals surface area contributed by atoms with E-state index in [1.165, 1.54) is 19.2 Å². The van der Waals surface area contributed by atoms with Crippen LogP contribution in [0.3, 0.4) is 0 Å². The average Bonchev–Trinajstić information content (AvgIpc) is 2.71. The first kappa shape index (κ1) is 16.3. The monoisotopic (exact) mass is 387 g/mol. The Bertz CT molecular complexity index is 876. The molecule has 2 aromatic heterocycles. The second-order valence-corrected chi connectivity index (χ2v) is 6.42. The van der Waals surface area contributed by atoms with Crippen molar-refractivity contribution in [3.05, 3.63) is 37.6 Å². The van der Waals surface area contributed by atoms with Crippen molar-refractivity contribution in [3.8, 4) is 0 Å². The normalized spacial score (nSPS) is 30.9. The summed E-state index contributed by atoms with van der Waals surface area (Å²) in [5.41, 5.74) is -2.91. The first-order valence-electron chi connectivity index (χ1n) is 6.74. The van der Waals surface area contributed by atoms with Gasteiger partial charge in [0, 0.05) is 11.6 Å². The predicted molar refractivity (Wildman–Crippen MR) is 82.0 cm³/mol. The lowest BCUT2D eigenvalue weighted by Gasteiger charge is -2.27. The van der Waals surface area contributed by atoms with Gasteiger partial charge in [0.25, 0.3) is 5.56 Å². The molecule has 2 aromatic rings. The van der Waals surface area contributed by atoms with Crippen LogP contribution in [0.4, 0.5) is 0 Å². The molecule has 0 radical (unpaired) electrons. The van der Waals surface area contributed by atoms with Crippen LogP contribution in [0, 0.1) is 0 Å². The van der Waals surface area contributed by atoms with Crippen LogP contribution in [0.25, 0.3) is 11.0 Å². The van der Waals surface area contributed by atoms with Crippen molar-refractivity contribution in [1.29, 1.82) is 0 Å². The number of rotatable bonds is 2. The van der Waals surface area contributed by atoms with Crippen molar-refractivity contribution in [2.45, 2.75) is 31.0 Å². The molecule has 1 aliphatic rings. The summed E-state index contributed by atoms with van der Waals surface area (Å²) >= 11 is 3.08. The molecule has 124 valence electrons. The van der Waals surface area contributed by atoms with Crippen LogP contribution in [-0.2, 0) is 4.74 Å². The van der Waals surface area contributed by atoms with Gasteiger partial charge in [0.1, 0.15) is 23.5 Å². The Morgan fingerprint density at radius 3 is 2.83 bits per heavy atom. The van der Waals surface area contributed by atoms with Gasteiger partial charge < -0.3 is 25.0 Å². The molecule has 0 amide bonds. The lowest BCUT2D eigenvalue weighted by Crippen LogP contribution is -2.46. The molecule has 3 rings (SSSR count). The summed E-state index contributed by atoms with van der Waals surface area (Å²) < 4.78 is 6.67. The summed E-state index contributed by atoms with van der Waals surface area (Å²) in [6, 6.07) is 1.47. The fourth-order valence-electron chi connectivity index (χ4n) is 2.62. The third-order valence-electron chi connectivity index (χ3n) is 3.90. The Kier molecular flexibility index (Phi) is 3.89. The number of nitrogens with zero attached hydrogens (tertiary/aromatic N) is 2. The predicted octanol–water partition coefficient (Wildman–Crippen LogP) is -1.15. The smallest absolute Gasteiger partial charge is 0.351 e. The number of hydrogen-bond acceptors (Lipinski definition) is 7. The maximum absolute atomic E-state index is 12.2. The van der Waals surface area contributed by atoms with E-state index >= 15 is 0 Å². The fourth-order valence-corrected chi connectivity index (χ4v) is 2.96. The maximum atomic E-state index is 12.2. The molecule has 1 saturated heterocycles. The first-order valence-corrected chi connectivity index (χ1v) is 7.53. The minimum Gasteiger partial charge on any atom is -0.394 e. The zero-order valence-electron chi connectivity index (χ0n) is 11.9. The Labute approximate surface area is 137 Å². The van der Waals surface area contributed by atoms with Gasteiger partial charge in [0.05, 0.1) is 11.1 Å². The molecule has 10 heteroatoms. The molecule has 4 atom stereocenters. The summed E-state index contributed by atoms with van der Waals surface area (Å²) in [5.74, 6) is 0. The highest BCUT2D eigenvalue weighted by atomic mass is 79.9. The van der Waals surface area contributed by atoms with Crippen LogP contribution in [0.15, 0.2) is 26.3 Å². The number of hydrogen-bond donors (Lipinski definition) is 4. The Balaban J connectivity index is 2.17. The maximum Gasteiger partial charge on any atom is 0.351 e. The number of pyridine rings is 1. The number of halogens is 1. The number of ether oxygens (including phenoxy) is 1. The number of aromatic nitrogens is 3. The molecule has 1 unspecified atom stereocenters. The molecule has 1 aliphatic heterocycles. The summed E-state index contributed by atoms with van der Waals surface area (Å²) in [4.78, 5) is 29.9. The van der Waals surface area contributed by atoms with Gasteiger partial charge in [-0.2, -0.15) is 4.98 Å². The SMILES string of the molecule is C[C@@]1(O)C(O)[C@@H](CO)O[C@H]1n1cc2cc(Br)c(=O)[nH]c2nc1=O. The van der Waals surface area contributed by atoms with Crippen LogP contribution in [0.1, 0.15) is 13.2 Å². The molecule has 9 nitrogen and oxygen atoms in total. The van der Waals surface area contributed by atoms with Gasteiger partial charge in [-0.1, -0.05) is 0 Å². The van der Waals surface area contributed by atoms with Gasteiger partial charge in [0.2, 0.25) is 0 Å². The third-order valence-corrected chi connectivity index (χ3v) is 4.49. The van der Waals surface area contributed by atoms with Crippen molar-refractivity contribution < 1.29 is 20.1 Å². The molecule has 3 heterocycles. The Hall–Kier alpha value is -1.59. The van der Waals surface area contributed by atoms with Crippen LogP contribution in [-0.4, -0.2) is 54.3 Å². The second kappa shape index (κ2) is 5.49. The third kappa shape index (κ3) is 2.52. The van der Waals surface area contributed by atoms with Gasteiger partial charge in [-0.15, -0.1) is 0 Å². The molecule has 0 bridgehead atoms. The molecule has 0 aliphatic carbocycles. The highest BCUT2D eigenvalue weighted by molar-refractivity contribution is 9.10. The van der Waals surface area contributed by atoms with Crippen LogP contribution in [0.2, 0.25) is 0 Å². The van der Waals surface area contributed by atoms with E-state index in [0.717, 1.165) is 4.57 Å². The molecule has 0 aromatic carbocycles. The number of aromatic amines is 1. The van der Waals surface area contributed by atoms with Gasteiger partial charge in [-0.05, 0) is 28.9 Å². The minimum absolute atomic E-state index is 0.0938. The molecule has 0 saturated carbocycles. The zero-order valence-corrected chi connectivity index (χ0v) is 13.5. The van der Waals surface area contributed by atoms with E-state index in [9.17, 15) is 24.9 Å². The van der Waals surface area contributed by atoms with E-state index < -0.39 is 41.9 Å². The molecule has 1 fully saturated rings. The van der Waals surface area contributed by atoms with E-state index in [1.54, 1.807) is 0 Å². The topological polar surface area (TPSA) is 138 Å². The molecular formula is C13H14BrN3O6. The van der Waals surface area contributed by atoms with Crippen molar-refractivity contribution in [2.75, 3.05) is 6.61 Å². The molecule has 0 spiro atoms. The molecule has 4 N–H and O–H groups in total. The standard InChI is InChI=1S/C13H14BrN3O6/c1-13(22)8(19)7(4-18)23-11(13)17-3-5-2-6(14)10(20)15-9(5)16-12(17)21/h2-3,7-8,11,18-19,22H,4H2,1H3,(H,15,16,20,21)/t7-,8?,11-,13-/m1/s1. The fraction of sp³-hybridized carbons (Fsp3) is 0.462. The van der Waals surface area contributed by atoms with Crippen molar-refractivity contribution in [1.82, 2.24) is 14.5 Å². The van der Waals surface area contributed by atoms with E-state index in [0.29, 0.717) is 5.39 Å². The van der Waals surface area contributed by atoms with E-state index in [1.807, 2.05) is 0 Å². The van der Waals surface area contributed by atoms with E-state index in [2.05, 4.69) is 25.9 Å². The molecule has 23 heavy (non-hydrogen) atoms. The van der Waals surface area contributed by atoms with E-state index in [4.69, 9.17) is 4.74 Å². The van der Waals surface area contributed by atoms with Gasteiger partial charge in [-0.25, -0.2) is 4.79 Å². The van der Waals surface area contributed by atoms with Gasteiger partial charge in [0.15, 0.2) is 6.23 Å². The average molecular weight is 388 g/mol. The number of fused-ring (bicyclic) bond motifs is 1.